The molecule has 22 heavy (non-hydrogen) atoms. The van der Waals surface area contributed by atoms with E-state index >= 15 is 0 Å². The van der Waals surface area contributed by atoms with E-state index in [0.29, 0.717) is 12.2 Å². The van der Waals surface area contributed by atoms with Crippen LogP contribution >= 0.6 is 23.2 Å². The van der Waals surface area contributed by atoms with E-state index in [2.05, 4.69) is 6.58 Å². The number of halogens is 5. The van der Waals surface area contributed by atoms with Gasteiger partial charge in [-0.05, 0) is 42.7 Å². The third kappa shape index (κ3) is 3.18. The summed E-state index contributed by atoms with van der Waals surface area (Å²) in [4.78, 5) is 1.75. The number of hydrogen-bond donors (Lipinski definition) is 0. The molecule has 0 bridgehead atoms. The predicted octanol–water partition coefficient (Wildman–Crippen LogP) is 6.24. The zero-order valence-electron chi connectivity index (χ0n) is 12.1. The Morgan fingerprint density at radius 1 is 1.18 bits per heavy atom. The first kappa shape index (κ1) is 17.0. The highest BCUT2D eigenvalue weighted by molar-refractivity contribution is 6.39. The Balaban J connectivity index is 2.48. The number of anilines is 1. The van der Waals surface area contributed by atoms with Crippen molar-refractivity contribution in [1.29, 1.82) is 0 Å². The maximum Gasteiger partial charge on any atom is 0.416 e. The Bertz CT molecular complexity index is 664. The molecule has 0 aromatic heterocycles. The van der Waals surface area contributed by atoms with Gasteiger partial charge in [0.2, 0.25) is 0 Å². The Morgan fingerprint density at radius 2 is 1.73 bits per heavy atom. The van der Waals surface area contributed by atoms with Gasteiger partial charge in [-0.15, -0.1) is 0 Å². The van der Waals surface area contributed by atoms with Crippen molar-refractivity contribution in [3.63, 3.8) is 0 Å². The van der Waals surface area contributed by atoms with Crippen LogP contribution in [0.1, 0.15) is 19.4 Å². The first-order valence-electron chi connectivity index (χ1n) is 6.49. The largest absolute Gasteiger partial charge is 0.416 e. The second-order valence-electron chi connectivity index (χ2n) is 5.12. The summed E-state index contributed by atoms with van der Waals surface area (Å²) in [6.45, 7) is 8.09. The van der Waals surface area contributed by atoms with Crippen molar-refractivity contribution in [2.24, 2.45) is 0 Å². The van der Waals surface area contributed by atoms with Gasteiger partial charge in [0.15, 0.2) is 0 Å². The quantitative estimate of drug-likeness (QED) is 0.612. The molecule has 1 nitrogen and oxygen atoms in total. The minimum absolute atomic E-state index is 0.0290. The molecule has 118 valence electrons. The van der Waals surface area contributed by atoms with E-state index in [1.807, 2.05) is 20.0 Å². The minimum atomic E-state index is -4.48. The standard InChI is InChI=1S/C16H14Cl2F3N/c1-4-12-9(2)7-22(8-10(12)3)15-13(17)5-11(6-14(15)18)16(19,20)21/h4-7H,1,8H2,2-3H3. The van der Waals surface area contributed by atoms with Crippen LogP contribution in [0.2, 0.25) is 10.0 Å². The van der Waals surface area contributed by atoms with Gasteiger partial charge in [0, 0.05) is 12.7 Å². The molecular weight excluding hydrogens is 334 g/mol. The molecule has 0 spiro atoms. The van der Waals surface area contributed by atoms with Crippen LogP contribution in [0.25, 0.3) is 0 Å². The first-order valence-corrected chi connectivity index (χ1v) is 7.24. The van der Waals surface area contributed by atoms with Crippen LogP contribution in [0.15, 0.2) is 47.7 Å². The highest BCUT2D eigenvalue weighted by Crippen LogP contribution is 2.41. The average molecular weight is 348 g/mol. The summed E-state index contributed by atoms with van der Waals surface area (Å²) in [5.74, 6) is 0. The number of alkyl halides is 3. The number of allylic oxidation sites excluding steroid dienone is 3. The summed E-state index contributed by atoms with van der Waals surface area (Å²) in [6.07, 6.45) is -0.913. The minimum Gasteiger partial charge on any atom is -0.341 e. The third-order valence-electron chi connectivity index (χ3n) is 3.48. The van der Waals surface area contributed by atoms with Crippen LogP contribution in [0.3, 0.4) is 0 Å². The van der Waals surface area contributed by atoms with E-state index in [-0.39, 0.29) is 10.0 Å². The molecule has 1 aliphatic heterocycles. The Hall–Kier alpha value is -1.39. The lowest BCUT2D eigenvalue weighted by molar-refractivity contribution is -0.137. The monoisotopic (exact) mass is 347 g/mol. The van der Waals surface area contributed by atoms with E-state index in [9.17, 15) is 13.2 Å². The zero-order valence-corrected chi connectivity index (χ0v) is 13.6. The van der Waals surface area contributed by atoms with Crippen molar-refractivity contribution in [3.05, 3.63) is 63.3 Å². The normalized spacial score (nSPS) is 16.0. The highest BCUT2D eigenvalue weighted by atomic mass is 35.5. The van der Waals surface area contributed by atoms with Gasteiger partial charge in [0.25, 0.3) is 0 Å². The fraction of sp³-hybridized carbons (Fsp3) is 0.250. The van der Waals surface area contributed by atoms with Gasteiger partial charge in [-0.25, -0.2) is 0 Å². The van der Waals surface area contributed by atoms with E-state index in [4.69, 9.17) is 23.2 Å². The molecule has 0 saturated carbocycles. The molecule has 1 heterocycles. The topological polar surface area (TPSA) is 3.24 Å². The highest BCUT2D eigenvalue weighted by Gasteiger charge is 2.32. The van der Waals surface area contributed by atoms with Crippen molar-refractivity contribution in [1.82, 2.24) is 0 Å². The number of hydrogen-bond acceptors (Lipinski definition) is 1. The van der Waals surface area contributed by atoms with Gasteiger partial charge in [0.1, 0.15) is 0 Å². The molecule has 0 unspecified atom stereocenters. The van der Waals surface area contributed by atoms with Gasteiger partial charge < -0.3 is 4.90 Å². The molecule has 6 heteroatoms. The maximum atomic E-state index is 12.8. The average Bonchev–Trinajstić information content (AvgIpc) is 2.36. The molecular formula is C16H14Cl2F3N. The van der Waals surface area contributed by atoms with Crippen LogP contribution in [-0.4, -0.2) is 6.54 Å². The van der Waals surface area contributed by atoms with E-state index in [1.165, 1.54) is 0 Å². The molecule has 1 aromatic rings. The van der Waals surface area contributed by atoms with Crippen molar-refractivity contribution in [2.75, 3.05) is 11.4 Å². The van der Waals surface area contributed by atoms with E-state index in [0.717, 1.165) is 28.9 Å². The summed E-state index contributed by atoms with van der Waals surface area (Å²) in [5, 5.41) is -0.0579. The van der Waals surface area contributed by atoms with Crippen molar-refractivity contribution >= 4 is 28.9 Å². The maximum absolute atomic E-state index is 12.8. The van der Waals surface area contributed by atoms with E-state index in [1.54, 1.807) is 11.0 Å². The summed E-state index contributed by atoms with van der Waals surface area (Å²) >= 11 is 12.1. The number of benzene rings is 1. The molecule has 0 saturated heterocycles. The van der Waals surface area contributed by atoms with Gasteiger partial charge >= 0.3 is 6.18 Å². The van der Waals surface area contributed by atoms with E-state index < -0.39 is 11.7 Å². The lowest BCUT2D eigenvalue weighted by Crippen LogP contribution is -2.24. The van der Waals surface area contributed by atoms with Gasteiger partial charge in [0.05, 0.1) is 21.3 Å². The SMILES string of the molecule is C=CC1=C(C)CN(c2c(Cl)cc(C(F)(F)F)cc2Cl)C=C1C. The predicted molar refractivity (Wildman–Crippen MR) is 85.5 cm³/mol. The molecule has 0 radical (unpaired) electrons. The molecule has 1 aromatic carbocycles. The molecule has 0 amide bonds. The van der Waals surface area contributed by atoms with Crippen LogP contribution in [0, 0.1) is 0 Å². The summed E-state index contributed by atoms with van der Waals surface area (Å²) in [6, 6.07) is 1.79. The molecule has 0 atom stereocenters. The van der Waals surface area contributed by atoms with Crippen LogP contribution in [-0.2, 0) is 6.18 Å². The van der Waals surface area contributed by atoms with Crippen LogP contribution in [0.4, 0.5) is 18.9 Å². The third-order valence-corrected chi connectivity index (χ3v) is 4.05. The number of nitrogens with zero attached hydrogens (tertiary/aromatic N) is 1. The van der Waals surface area contributed by atoms with Crippen molar-refractivity contribution in [3.8, 4) is 0 Å². The smallest absolute Gasteiger partial charge is 0.341 e. The van der Waals surface area contributed by atoms with Crippen LogP contribution in [0.5, 0.6) is 0 Å². The van der Waals surface area contributed by atoms with Gasteiger partial charge in [-0.3, -0.25) is 0 Å². The molecule has 0 N–H and O–H groups in total. The second-order valence-corrected chi connectivity index (χ2v) is 5.94. The number of rotatable bonds is 2. The lowest BCUT2D eigenvalue weighted by Gasteiger charge is -2.29. The van der Waals surface area contributed by atoms with Gasteiger partial charge in [-0.1, -0.05) is 35.9 Å². The summed E-state index contributed by atoms with van der Waals surface area (Å²) in [5.41, 5.74) is 2.53. The summed E-state index contributed by atoms with van der Waals surface area (Å²) < 4.78 is 38.3. The summed E-state index contributed by atoms with van der Waals surface area (Å²) in [7, 11) is 0. The first-order chi connectivity index (χ1) is 10.1. The fourth-order valence-electron chi connectivity index (χ4n) is 2.51. The van der Waals surface area contributed by atoms with Gasteiger partial charge in [-0.2, -0.15) is 13.2 Å². The lowest BCUT2D eigenvalue weighted by atomic mass is 9.99. The Morgan fingerprint density at radius 3 is 2.14 bits per heavy atom. The molecule has 0 aliphatic carbocycles. The molecule has 2 rings (SSSR count). The van der Waals surface area contributed by atoms with Crippen molar-refractivity contribution in [2.45, 2.75) is 20.0 Å². The molecule has 0 fully saturated rings. The van der Waals surface area contributed by atoms with Crippen LogP contribution < -0.4 is 4.90 Å². The fourth-order valence-corrected chi connectivity index (χ4v) is 3.21. The van der Waals surface area contributed by atoms with Crippen molar-refractivity contribution < 1.29 is 13.2 Å². The second kappa shape index (κ2) is 6.01. The zero-order chi connectivity index (χ0) is 16.7. The molecule has 1 aliphatic rings. The Labute approximate surface area is 137 Å². The Kier molecular flexibility index (Phi) is 4.64.